The van der Waals surface area contributed by atoms with Crippen LogP contribution in [0.2, 0.25) is 0 Å². The van der Waals surface area contributed by atoms with E-state index in [2.05, 4.69) is 0 Å². The summed E-state index contributed by atoms with van der Waals surface area (Å²) in [5.41, 5.74) is 6.03. The Morgan fingerprint density at radius 3 is 2.88 bits per heavy atom. The van der Waals surface area contributed by atoms with Gasteiger partial charge < -0.3 is 10.5 Å². The second-order valence-electron chi connectivity index (χ2n) is 5.06. The predicted octanol–water partition coefficient (Wildman–Crippen LogP) is 2.54. The monoisotopic (exact) mass is 241 g/mol. The summed E-state index contributed by atoms with van der Waals surface area (Å²) in [5, 5.41) is 0. The molecule has 0 bridgehead atoms. The lowest BCUT2D eigenvalue weighted by Crippen LogP contribution is -2.45. The molecule has 17 heavy (non-hydrogen) atoms. The molecule has 1 heterocycles. The van der Waals surface area contributed by atoms with Gasteiger partial charge in [-0.2, -0.15) is 0 Å². The molecule has 0 saturated carbocycles. The third kappa shape index (κ3) is 2.57. The Hall–Kier alpha value is -1.16. The van der Waals surface area contributed by atoms with Gasteiger partial charge in [0.05, 0.1) is 5.54 Å². The number of halogens is 2. The Morgan fingerprint density at radius 1 is 1.53 bits per heavy atom. The van der Waals surface area contributed by atoms with E-state index in [1.54, 1.807) is 0 Å². The van der Waals surface area contributed by atoms with Crippen molar-refractivity contribution in [3.63, 3.8) is 0 Å². The Balaban J connectivity index is 2.17. The van der Waals surface area contributed by atoms with Gasteiger partial charge in [0.1, 0.15) is 11.9 Å². The minimum Gasteiger partial charge on any atom is -0.490 e. The van der Waals surface area contributed by atoms with E-state index in [0.29, 0.717) is 0 Å². The zero-order valence-electron chi connectivity index (χ0n) is 10.0. The molecule has 0 spiro atoms. The SMILES string of the molecule is CC1Cc2cc(CC(C)(N)C(F)F)ccc2O1. The van der Waals surface area contributed by atoms with Crippen LogP contribution in [0.1, 0.15) is 25.0 Å². The highest BCUT2D eigenvalue weighted by Crippen LogP contribution is 2.30. The quantitative estimate of drug-likeness (QED) is 0.882. The first kappa shape index (κ1) is 12.3. The maximum absolute atomic E-state index is 12.7. The number of ether oxygens (including phenoxy) is 1. The van der Waals surface area contributed by atoms with Gasteiger partial charge in [-0.25, -0.2) is 8.78 Å². The van der Waals surface area contributed by atoms with E-state index in [4.69, 9.17) is 10.5 Å². The Morgan fingerprint density at radius 2 is 2.24 bits per heavy atom. The number of nitrogens with two attached hydrogens (primary N) is 1. The van der Waals surface area contributed by atoms with Crippen molar-refractivity contribution in [3.8, 4) is 5.75 Å². The van der Waals surface area contributed by atoms with Crippen molar-refractivity contribution in [2.24, 2.45) is 5.73 Å². The van der Waals surface area contributed by atoms with Crippen LogP contribution in [0, 0.1) is 0 Å². The van der Waals surface area contributed by atoms with E-state index in [1.165, 1.54) is 6.92 Å². The fourth-order valence-electron chi connectivity index (χ4n) is 2.10. The molecule has 94 valence electrons. The van der Waals surface area contributed by atoms with Crippen molar-refractivity contribution >= 4 is 0 Å². The Labute approximate surface area is 99.8 Å². The molecule has 0 amide bonds. The zero-order chi connectivity index (χ0) is 12.6. The molecule has 1 aliphatic heterocycles. The molecule has 2 nitrogen and oxygen atoms in total. The average Bonchev–Trinajstić information content (AvgIpc) is 2.56. The Kier molecular flexibility index (Phi) is 3.08. The van der Waals surface area contributed by atoms with Crippen LogP contribution in [0.4, 0.5) is 8.78 Å². The molecule has 4 heteroatoms. The Bertz CT molecular complexity index is 418. The third-order valence-corrected chi connectivity index (χ3v) is 3.04. The van der Waals surface area contributed by atoms with Crippen molar-refractivity contribution in [1.82, 2.24) is 0 Å². The highest BCUT2D eigenvalue weighted by Gasteiger charge is 2.31. The molecule has 2 unspecified atom stereocenters. The van der Waals surface area contributed by atoms with Crippen molar-refractivity contribution in [3.05, 3.63) is 29.3 Å². The molecule has 1 aliphatic rings. The molecule has 2 atom stereocenters. The summed E-state index contributed by atoms with van der Waals surface area (Å²) in [6.07, 6.45) is -1.35. The van der Waals surface area contributed by atoms with Crippen LogP contribution in [0.3, 0.4) is 0 Å². The summed E-state index contributed by atoms with van der Waals surface area (Å²) in [4.78, 5) is 0. The van der Waals surface area contributed by atoms with Crippen LogP contribution >= 0.6 is 0 Å². The second kappa shape index (κ2) is 4.26. The first-order valence-electron chi connectivity index (χ1n) is 5.74. The molecule has 0 aliphatic carbocycles. The van der Waals surface area contributed by atoms with Crippen LogP contribution in [0.25, 0.3) is 0 Å². The summed E-state index contributed by atoms with van der Waals surface area (Å²) >= 11 is 0. The van der Waals surface area contributed by atoms with E-state index in [1.807, 2.05) is 25.1 Å². The fraction of sp³-hybridized carbons (Fsp3) is 0.538. The summed E-state index contributed by atoms with van der Waals surface area (Å²) in [7, 11) is 0. The van der Waals surface area contributed by atoms with Crippen LogP contribution < -0.4 is 10.5 Å². The van der Waals surface area contributed by atoms with Gasteiger partial charge in [-0.3, -0.25) is 0 Å². The van der Waals surface area contributed by atoms with E-state index < -0.39 is 12.0 Å². The van der Waals surface area contributed by atoms with Crippen molar-refractivity contribution in [2.75, 3.05) is 0 Å². The van der Waals surface area contributed by atoms with Gasteiger partial charge in [0.2, 0.25) is 0 Å². The molecule has 0 radical (unpaired) electrons. The largest absolute Gasteiger partial charge is 0.490 e. The normalized spacial score (nSPS) is 22.1. The highest BCUT2D eigenvalue weighted by atomic mass is 19.3. The van der Waals surface area contributed by atoms with Crippen LogP contribution in [-0.2, 0) is 12.8 Å². The molecule has 0 aromatic heterocycles. The standard InChI is InChI=1S/C13H17F2NO/c1-8-5-10-6-9(3-4-11(10)17-8)7-13(2,16)12(14)15/h3-4,6,8,12H,5,7,16H2,1-2H3. The summed E-state index contributed by atoms with van der Waals surface area (Å²) < 4.78 is 30.9. The number of benzene rings is 1. The molecule has 0 fully saturated rings. The summed E-state index contributed by atoms with van der Waals surface area (Å²) in [5.74, 6) is 0.858. The van der Waals surface area contributed by atoms with E-state index >= 15 is 0 Å². The molecular formula is C13H17F2NO. The van der Waals surface area contributed by atoms with Crippen molar-refractivity contribution < 1.29 is 13.5 Å². The zero-order valence-corrected chi connectivity index (χ0v) is 10.0. The van der Waals surface area contributed by atoms with Crippen molar-refractivity contribution in [2.45, 2.75) is 44.8 Å². The first-order valence-corrected chi connectivity index (χ1v) is 5.74. The predicted molar refractivity (Wildman–Crippen MR) is 62.5 cm³/mol. The minimum absolute atomic E-state index is 0.166. The second-order valence-corrected chi connectivity index (χ2v) is 5.06. The molecule has 1 aromatic carbocycles. The minimum atomic E-state index is -2.52. The van der Waals surface area contributed by atoms with E-state index in [-0.39, 0.29) is 12.5 Å². The lowest BCUT2D eigenvalue weighted by atomic mass is 9.93. The molecule has 1 aromatic rings. The fourth-order valence-corrected chi connectivity index (χ4v) is 2.10. The van der Waals surface area contributed by atoms with Crippen molar-refractivity contribution in [1.29, 1.82) is 0 Å². The maximum Gasteiger partial charge on any atom is 0.256 e. The van der Waals surface area contributed by atoms with Gasteiger partial charge in [0.25, 0.3) is 6.43 Å². The average molecular weight is 241 g/mol. The first-order chi connectivity index (χ1) is 7.88. The topological polar surface area (TPSA) is 35.2 Å². The summed E-state index contributed by atoms with van der Waals surface area (Å²) in [6.45, 7) is 3.37. The molecule has 2 rings (SSSR count). The maximum atomic E-state index is 12.7. The number of rotatable bonds is 3. The smallest absolute Gasteiger partial charge is 0.256 e. The van der Waals surface area contributed by atoms with Gasteiger partial charge in [0.15, 0.2) is 0 Å². The van der Waals surface area contributed by atoms with Crippen LogP contribution in [0.5, 0.6) is 5.75 Å². The van der Waals surface area contributed by atoms with E-state index in [0.717, 1.165) is 23.3 Å². The lowest BCUT2D eigenvalue weighted by molar-refractivity contribution is 0.0639. The number of fused-ring (bicyclic) bond motifs is 1. The molecule has 2 N–H and O–H groups in total. The molecule has 0 saturated heterocycles. The van der Waals surface area contributed by atoms with Gasteiger partial charge in [-0.1, -0.05) is 12.1 Å². The number of hydrogen-bond acceptors (Lipinski definition) is 2. The molecular weight excluding hydrogens is 224 g/mol. The van der Waals surface area contributed by atoms with Gasteiger partial charge in [-0.05, 0) is 37.5 Å². The van der Waals surface area contributed by atoms with Crippen LogP contribution in [-0.4, -0.2) is 18.1 Å². The lowest BCUT2D eigenvalue weighted by Gasteiger charge is -2.23. The van der Waals surface area contributed by atoms with E-state index in [9.17, 15) is 8.78 Å². The highest BCUT2D eigenvalue weighted by molar-refractivity contribution is 5.41. The third-order valence-electron chi connectivity index (χ3n) is 3.04. The summed E-state index contributed by atoms with van der Waals surface area (Å²) in [6, 6.07) is 5.58. The van der Waals surface area contributed by atoms with Gasteiger partial charge >= 0.3 is 0 Å². The van der Waals surface area contributed by atoms with Gasteiger partial charge in [-0.15, -0.1) is 0 Å². The number of hydrogen-bond donors (Lipinski definition) is 1. The van der Waals surface area contributed by atoms with Gasteiger partial charge in [0, 0.05) is 6.42 Å². The number of alkyl halides is 2. The van der Waals surface area contributed by atoms with Crippen LogP contribution in [0.15, 0.2) is 18.2 Å².